The number of hydrogen-bond acceptors (Lipinski definition) is 7. The second-order valence-electron chi connectivity index (χ2n) is 8.99. The molecule has 0 aromatic heterocycles. The Morgan fingerprint density at radius 2 is 1.68 bits per heavy atom. The minimum Gasteiger partial charge on any atom is -0.507 e. The second kappa shape index (κ2) is 12.6. The van der Waals surface area contributed by atoms with Crippen LogP contribution in [0, 0.1) is 0 Å². The van der Waals surface area contributed by atoms with Crippen LogP contribution in [0.3, 0.4) is 0 Å². The first kappa shape index (κ1) is 26.4. The highest BCUT2D eigenvalue weighted by atomic mass is 16.5. The third kappa shape index (κ3) is 6.21. The van der Waals surface area contributed by atoms with Gasteiger partial charge in [-0.05, 0) is 48.4 Å². The zero-order chi connectivity index (χ0) is 26.2. The molecule has 196 valence electrons. The number of likely N-dealkylation sites (tertiary alicyclic amines) is 1. The van der Waals surface area contributed by atoms with Crippen LogP contribution in [0.4, 0.5) is 0 Å². The first-order valence-corrected chi connectivity index (χ1v) is 12.7. The molecule has 2 saturated heterocycles. The molecule has 8 heteroatoms. The van der Waals surface area contributed by atoms with Crippen LogP contribution in [0.25, 0.3) is 5.76 Å². The van der Waals surface area contributed by atoms with Crippen molar-refractivity contribution in [1.82, 2.24) is 9.80 Å². The van der Waals surface area contributed by atoms with Gasteiger partial charge in [0.25, 0.3) is 11.7 Å². The lowest BCUT2D eigenvalue weighted by Crippen LogP contribution is -2.42. The number of rotatable bonds is 11. The maximum atomic E-state index is 13.3. The lowest BCUT2D eigenvalue weighted by molar-refractivity contribution is -0.140. The molecule has 0 saturated carbocycles. The smallest absolute Gasteiger partial charge is 0.295 e. The van der Waals surface area contributed by atoms with Crippen molar-refractivity contribution >= 4 is 17.4 Å². The molecule has 2 aliphatic rings. The van der Waals surface area contributed by atoms with Crippen molar-refractivity contribution in [3.63, 3.8) is 0 Å². The fourth-order valence-electron chi connectivity index (χ4n) is 4.52. The topological polar surface area (TPSA) is 88.5 Å². The lowest BCUT2D eigenvalue weighted by atomic mass is 9.95. The van der Waals surface area contributed by atoms with Crippen molar-refractivity contribution in [1.29, 1.82) is 0 Å². The van der Waals surface area contributed by atoms with E-state index in [0.717, 1.165) is 25.1 Å². The highest BCUT2D eigenvalue weighted by Gasteiger charge is 2.46. The number of nitrogens with zero attached hydrogens (tertiary/aromatic N) is 2. The van der Waals surface area contributed by atoms with Gasteiger partial charge >= 0.3 is 0 Å². The van der Waals surface area contributed by atoms with Gasteiger partial charge in [0.05, 0.1) is 31.4 Å². The molecule has 2 heterocycles. The third-order valence-electron chi connectivity index (χ3n) is 6.47. The van der Waals surface area contributed by atoms with Gasteiger partial charge in [-0.15, -0.1) is 0 Å². The van der Waals surface area contributed by atoms with Gasteiger partial charge in [0, 0.05) is 31.7 Å². The van der Waals surface area contributed by atoms with Crippen LogP contribution in [-0.2, 0) is 14.3 Å². The van der Waals surface area contributed by atoms with E-state index in [-0.39, 0.29) is 11.3 Å². The van der Waals surface area contributed by atoms with E-state index in [4.69, 9.17) is 14.2 Å². The van der Waals surface area contributed by atoms with E-state index in [2.05, 4.69) is 11.5 Å². The molecule has 37 heavy (non-hydrogen) atoms. The largest absolute Gasteiger partial charge is 0.507 e. The number of ketones is 1. The zero-order valence-electron chi connectivity index (χ0n) is 21.2. The van der Waals surface area contributed by atoms with Crippen LogP contribution in [0.5, 0.6) is 11.5 Å². The summed E-state index contributed by atoms with van der Waals surface area (Å²) in [6.45, 7) is 10.4. The molecular weight excluding hydrogens is 472 g/mol. The van der Waals surface area contributed by atoms with Crippen LogP contribution in [0.1, 0.15) is 30.5 Å². The third-order valence-corrected chi connectivity index (χ3v) is 6.47. The average Bonchev–Trinajstić information content (AvgIpc) is 3.19. The number of carbonyl (C=O) groups is 2. The van der Waals surface area contributed by atoms with Gasteiger partial charge in [0.15, 0.2) is 0 Å². The normalized spacial score (nSPS) is 19.7. The Morgan fingerprint density at radius 1 is 1.03 bits per heavy atom. The predicted molar refractivity (Wildman–Crippen MR) is 141 cm³/mol. The van der Waals surface area contributed by atoms with Gasteiger partial charge in [-0.1, -0.05) is 31.7 Å². The van der Waals surface area contributed by atoms with E-state index in [9.17, 15) is 14.7 Å². The molecule has 0 radical (unpaired) electrons. The maximum absolute atomic E-state index is 13.3. The predicted octanol–water partition coefficient (Wildman–Crippen LogP) is 3.79. The van der Waals surface area contributed by atoms with Gasteiger partial charge < -0.3 is 24.2 Å². The Hall–Kier alpha value is -3.62. The van der Waals surface area contributed by atoms with Crippen LogP contribution >= 0.6 is 0 Å². The Labute approximate surface area is 217 Å². The molecule has 2 fully saturated rings. The molecule has 4 rings (SSSR count). The van der Waals surface area contributed by atoms with Crippen molar-refractivity contribution in [2.24, 2.45) is 0 Å². The summed E-state index contributed by atoms with van der Waals surface area (Å²) >= 11 is 0. The van der Waals surface area contributed by atoms with E-state index < -0.39 is 17.7 Å². The number of morpholine rings is 1. The molecule has 1 amide bonds. The van der Waals surface area contributed by atoms with E-state index >= 15 is 0 Å². The molecule has 2 aliphatic heterocycles. The fraction of sp³-hybridized carbons (Fsp3) is 0.379. The number of aliphatic hydroxyl groups is 1. The van der Waals surface area contributed by atoms with Crippen LogP contribution in [-0.4, -0.2) is 79.2 Å². The monoisotopic (exact) mass is 506 g/mol. The van der Waals surface area contributed by atoms with E-state index in [1.54, 1.807) is 35.2 Å². The minimum absolute atomic E-state index is 0.0777. The Bertz CT molecular complexity index is 1120. The Kier molecular flexibility index (Phi) is 8.98. The summed E-state index contributed by atoms with van der Waals surface area (Å²) in [5, 5.41) is 11.3. The number of amides is 1. The van der Waals surface area contributed by atoms with Gasteiger partial charge in [0.1, 0.15) is 23.9 Å². The van der Waals surface area contributed by atoms with Crippen molar-refractivity contribution in [2.75, 3.05) is 52.6 Å². The molecule has 2 aromatic carbocycles. The summed E-state index contributed by atoms with van der Waals surface area (Å²) in [5.41, 5.74) is 1.25. The summed E-state index contributed by atoms with van der Waals surface area (Å²) < 4.78 is 16.6. The van der Waals surface area contributed by atoms with Gasteiger partial charge in [-0.2, -0.15) is 0 Å². The minimum atomic E-state index is -0.710. The molecule has 0 bridgehead atoms. The fourth-order valence-corrected chi connectivity index (χ4v) is 4.52. The van der Waals surface area contributed by atoms with Crippen LogP contribution < -0.4 is 9.47 Å². The van der Waals surface area contributed by atoms with Gasteiger partial charge in [-0.25, -0.2) is 0 Å². The summed E-state index contributed by atoms with van der Waals surface area (Å²) in [7, 11) is 0. The SMILES string of the molecule is C=CCOc1ccc(C(O)=C2C(=O)C(=O)N(CCN3CCOCC3)[C@@H]2c2ccc(OCCC)cc2)cc1. The van der Waals surface area contributed by atoms with Crippen LogP contribution in [0.2, 0.25) is 0 Å². The van der Waals surface area contributed by atoms with Crippen molar-refractivity contribution < 1.29 is 28.9 Å². The molecule has 8 nitrogen and oxygen atoms in total. The molecule has 0 aliphatic carbocycles. The summed E-state index contributed by atoms with van der Waals surface area (Å²) in [5.74, 6) is -0.189. The average molecular weight is 507 g/mol. The molecule has 0 spiro atoms. The number of ether oxygens (including phenoxy) is 3. The first-order valence-electron chi connectivity index (χ1n) is 12.7. The second-order valence-corrected chi connectivity index (χ2v) is 8.99. The number of carbonyl (C=O) groups excluding carboxylic acids is 2. The Balaban J connectivity index is 1.67. The highest BCUT2D eigenvalue weighted by molar-refractivity contribution is 6.46. The highest BCUT2D eigenvalue weighted by Crippen LogP contribution is 2.40. The van der Waals surface area contributed by atoms with Gasteiger partial charge in [-0.3, -0.25) is 14.5 Å². The number of benzene rings is 2. The number of Topliss-reactive ketones (excluding diaryl/α,β-unsaturated/α-hetero) is 1. The Morgan fingerprint density at radius 3 is 2.32 bits per heavy atom. The van der Waals surface area contributed by atoms with E-state index in [1.807, 2.05) is 31.2 Å². The molecule has 2 aromatic rings. The first-order chi connectivity index (χ1) is 18.0. The molecule has 0 unspecified atom stereocenters. The zero-order valence-corrected chi connectivity index (χ0v) is 21.2. The quantitative estimate of drug-likeness (QED) is 0.215. The van der Waals surface area contributed by atoms with Crippen molar-refractivity contribution in [2.45, 2.75) is 19.4 Å². The molecule has 1 N–H and O–H groups in total. The van der Waals surface area contributed by atoms with Crippen molar-refractivity contribution in [3.8, 4) is 11.5 Å². The molecular formula is C29H34N2O6. The van der Waals surface area contributed by atoms with Crippen LogP contribution in [0.15, 0.2) is 66.8 Å². The standard InChI is InChI=1S/C29H34N2O6/c1-3-17-36-23-9-5-21(6-10-23)26-25(27(32)22-7-11-24(12-8-22)37-18-4-2)28(33)29(34)31(26)14-13-30-15-19-35-20-16-30/h4-12,26,32H,2-3,13-20H2,1H3/t26-/m1/s1. The summed E-state index contributed by atoms with van der Waals surface area (Å²) in [4.78, 5) is 30.3. The lowest BCUT2D eigenvalue weighted by Gasteiger charge is -2.31. The summed E-state index contributed by atoms with van der Waals surface area (Å²) in [6.07, 6.45) is 2.53. The van der Waals surface area contributed by atoms with E-state index in [1.165, 1.54) is 0 Å². The number of aliphatic hydroxyl groups excluding tert-OH is 1. The summed E-state index contributed by atoms with van der Waals surface area (Å²) in [6, 6.07) is 13.4. The van der Waals surface area contributed by atoms with Crippen molar-refractivity contribution in [3.05, 3.63) is 77.9 Å². The maximum Gasteiger partial charge on any atom is 0.295 e. The number of hydrogen-bond donors (Lipinski definition) is 1. The molecule has 1 atom stereocenters. The van der Waals surface area contributed by atoms with E-state index in [0.29, 0.717) is 56.6 Å². The van der Waals surface area contributed by atoms with Gasteiger partial charge in [0.2, 0.25) is 0 Å².